The Hall–Kier alpha value is -2.24. The largest absolute Gasteiger partial charge is 0.493 e. The molecule has 6 heteroatoms. The first-order chi connectivity index (χ1) is 11.7. The van der Waals surface area contributed by atoms with Gasteiger partial charge in [0.1, 0.15) is 11.3 Å². The van der Waals surface area contributed by atoms with Gasteiger partial charge in [-0.3, -0.25) is 0 Å². The number of aromatic nitrogens is 2. The van der Waals surface area contributed by atoms with Crippen LogP contribution in [0.3, 0.4) is 0 Å². The number of anilines is 2. The molecular formula is C18H26N4O2. The van der Waals surface area contributed by atoms with Crippen LogP contribution in [0.15, 0.2) is 12.1 Å². The smallest absolute Gasteiger partial charge is 0.228 e. The van der Waals surface area contributed by atoms with Crippen LogP contribution in [0.5, 0.6) is 11.5 Å². The Balaban J connectivity index is 2.04. The van der Waals surface area contributed by atoms with Gasteiger partial charge in [0.05, 0.1) is 14.2 Å². The first-order valence-electron chi connectivity index (χ1n) is 8.67. The Morgan fingerprint density at radius 2 is 1.58 bits per heavy atom. The average molecular weight is 330 g/mol. The molecule has 2 N–H and O–H groups in total. The summed E-state index contributed by atoms with van der Waals surface area (Å²) in [5, 5.41) is 0.792. The lowest BCUT2D eigenvalue weighted by molar-refractivity contribution is 0.358. The van der Waals surface area contributed by atoms with Gasteiger partial charge in [-0.25, -0.2) is 4.98 Å². The molecule has 1 fully saturated rings. The van der Waals surface area contributed by atoms with E-state index in [1.165, 1.54) is 25.7 Å². The lowest BCUT2D eigenvalue weighted by Crippen LogP contribution is -2.27. The molecule has 0 spiro atoms. The number of nitrogens with zero attached hydrogens (tertiary/aromatic N) is 3. The van der Waals surface area contributed by atoms with Gasteiger partial charge in [-0.05, 0) is 25.0 Å². The van der Waals surface area contributed by atoms with Gasteiger partial charge in [-0.15, -0.1) is 0 Å². The molecule has 6 nitrogen and oxygen atoms in total. The van der Waals surface area contributed by atoms with Crippen LogP contribution in [0.1, 0.15) is 38.5 Å². The van der Waals surface area contributed by atoms with E-state index in [9.17, 15) is 0 Å². The van der Waals surface area contributed by atoms with Crippen molar-refractivity contribution in [2.75, 3.05) is 37.9 Å². The maximum Gasteiger partial charge on any atom is 0.228 e. The summed E-state index contributed by atoms with van der Waals surface area (Å²) >= 11 is 0. The van der Waals surface area contributed by atoms with Crippen molar-refractivity contribution in [2.24, 2.45) is 0 Å². The van der Waals surface area contributed by atoms with Crippen LogP contribution in [-0.4, -0.2) is 37.3 Å². The van der Waals surface area contributed by atoms with Crippen molar-refractivity contribution >= 4 is 22.7 Å². The molecule has 0 bridgehead atoms. The summed E-state index contributed by atoms with van der Waals surface area (Å²) in [6.45, 7) is 1.94. The second-order valence-electron chi connectivity index (χ2n) is 6.21. The van der Waals surface area contributed by atoms with Gasteiger partial charge in [0.15, 0.2) is 11.5 Å². The van der Waals surface area contributed by atoms with E-state index < -0.39 is 0 Å². The molecular weight excluding hydrogens is 304 g/mol. The van der Waals surface area contributed by atoms with Crippen molar-refractivity contribution in [1.29, 1.82) is 0 Å². The normalized spacial score (nSPS) is 16.3. The topological polar surface area (TPSA) is 73.5 Å². The Morgan fingerprint density at radius 3 is 2.21 bits per heavy atom. The molecule has 2 heterocycles. The number of rotatable bonds is 3. The molecule has 24 heavy (non-hydrogen) atoms. The van der Waals surface area contributed by atoms with E-state index >= 15 is 0 Å². The van der Waals surface area contributed by atoms with Gasteiger partial charge in [-0.1, -0.05) is 25.7 Å². The standard InChI is InChI=1S/C18H26N4O2/c1-23-14-10-9-13-15(16(14)24-2)20-18(21-17(13)19)22-11-7-5-3-4-6-8-12-22/h9-10H,3-8,11-12H2,1-2H3,(H2,19,20,21). The van der Waals surface area contributed by atoms with Crippen LogP contribution >= 0.6 is 0 Å². The Labute approximate surface area is 143 Å². The lowest BCUT2D eigenvalue weighted by atomic mass is 10.1. The molecule has 0 radical (unpaired) electrons. The average Bonchev–Trinajstić information content (AvgIpc) is 2.74. The molecule has 1 saturated heterocycles. The van der Waals surface area contributed by atoms with Crippen molar-refractivity contribution in [3.8, 4) is 11.5 Å². The fourth-order valence-electron chi connectivity index (χ4n) is 3.29. The summed E-state index contributed by atoms with van der Waals surface area (Å²) in [5.74, 6) is 2.43. The van der Waals surface area contributed by atoms with Gasteiger partial charge in [-0.2, -0.15) is 4.98 Å². The van der Waals surface area contributed by atoms with Crippen molar-refractivity contribution in [3.63, 3.8) is 0 Å². The first kappa shape index (κ1) is 16.6. The highest BCUT2D eigenvalue weighted by Crippen LogP contribution is 2.36. The molecule has 0 unspecified atom stereocenters. The molecule has 2 aromatic rings. The molecule has 1 aromatic carbocycles. The molecule has 130 valence electrons. The first-order valence-corrected chi connectivity index (χ1v) is 8.67. The number of fused-ring (bicyclic) bond motifs is 1. The number of ether oxygens (including phenoxy) is 2. The number of hydrogen-bond acceptors (Lipinski definition) is 6. The summed E-state index contributed by atoms with van der Waals surface area (Å²) in [6, 6.07) is 3.72. The number of hydrogen-bond donors (Lipinski definition) is 1. The molecule has 1 aliphatic rings. The minimum atomic E-state index is 0.482. The minimum Gasteiger partial charge on any atom is -0.493 e. The van der Waals surface area contributed by atoms with E-state index in [1.807, 2.05) is 12.1 Å². The predicted octanol–water partition coefficient (Wildman–Crippen LogP) is 3.39. The maximum atomic E-state index is 6.21. The van der Waals surface area contributed by atoms with Gasteiger partial charge in [0.2, 0.25) is 5.95 Å². The highest BCUT2D eigenvalue weighted by molar-refractivity contribution is 5.95. The molecule has 1 aromatic heterocycles. The predicted molar refractivity (Wildman–Crippen MR) is 97.0 cm³/mol. The summed E-state index contributed by atoms with van der Waals surface area (Å²) in [7, 11) is 3.24. The van der Waals surface area contributed by atoms with Crippen molar-refractivity contribution in [3.05, 3.63) is 12.1 Å². The van der Waals surface area contributed by atoms with Crippen LogP contribution in [0.4, 0.5) is 11.8 Å². The summed E-state index contributed by atoms with van der Waals surface area (Å²) in [5.41, 5.74) is 6.91. The van der Waals surface area contributed by atoms with Crippen LogP contribution in [0, 0.1) is 0 Å². The Morgan fingerprint density at radius 1 is 0.917 bits per heavy atom. The van der Waals surface area contributed by atoms with Crippen LogP contribution in [-0.2, 0) is 0 Å². The van der Waals surface area contributed by atoms with E-state index in [0.29, 0.717) is 28.8 Å². The summed E-state index contributed by atoms with van der Waals surface area (Å²) in [4.78, 5) is 11.6. The van der Waals surface area contributed by atoms with Crippen LogP contribution < -0.4 is 20.1 Å². The molecule has 3 rings (SSSR count). The second kappa shape index (κ2) is 7.55. The third kappa shape index (κ3) is 3.32. The van der Waals surface area contributed by atoms with Crippen LogP contribution in [0.2, 0.25) is 0 Å². The van der Waals surface area contributed by atoms with E-state index in [2.05, 4.69) is 9.88 Å². The van der Waals surface area contributed by atoms with E-state index in [4.69, 9.17) is 20.2 Å². The molecule has 0 amide bonds. The Kier molecular flexibility index (Phi) is 5.23. The number of nitrogen functional groups attached to an aromatic ring is 1. The zero-order chi connectivity index (χ0) is 16.9. The SMILES string of the molecule is COc1ccc2c(N)nc(N3CCCCCCCC3)nc2c1OC. The van der Waals surface area contributed by atoms with E-state index in [-0.39, 0.29) is 0 Å². The summed E-state index contributed by atoms with van der Waals surface area (Å²) < 4.78 is 10.9. The third-order valence-corrected chi connectivity index (χ3v) is 4.62. The van der Waals surface area contributed by atoms with Gasteiger partial charge >= 0.3 is 0 Å². The highest BCUT2D eigenvalue weighted by atomic mass is 16.5. The molecule has 1 aliphatic heterocycles. The summed E-state index contributed by atoms with van der Waals surface area (Å²) in [6.07, 6.45) is 7.49. The molecule has 0 saturated carbocycles. The van der Waals surface area contributed by atoms with Gasteiger partial charge in [0.25, 0.3) is 0 Å². The van der Waals surface area contributed by atoms with E-state index in [0.717, 1.165) is 31.3 Å². The number of nitrogens with two attached hydrogens (primary N) is 1. The molecule has 0 atom stereocenters. The zero-order valence-electron chi connectivity index (χ0n) is 14.5. The zero-order valence-corrected chi connectivity index (χ0v) is 14.5. The number of methoxy groups -OCH3 is 2. The van der Waals surface area contributed by atoms with Crippen molar-refractivity contribution in [2.45, 2.75) is 38.5 Å². The second-order valence-corrected chi connectivity index (χ2v) is 6.21. The van der Waals surface area contributed by atoms with Crippen molar-refractivity contribution < 1.29 is 9.47 Å². The quantitative estimate of drug-likeness (QED) is 0.930. The number of benzene rings is 1. The fraction of sp³-hybridized carbons (Fsp3) is 0.556. The molecule has 0 aliphatic carbocycles. The van der Waals surface area contributed by atoms with Gasteiger partial charge < -0.3 is 20.1 Å². The van der Waals surface area contributed by atoms with E-state index in [1.54, 1.807) is 14.2 Å². The monoisotopic (exact) mass is 330 g/mol. The lowest BCUT2D eigenvalue weighted by Gasteiger charge is -2.23. The fourth-order valence-corrected chi connectivity index (χ4v) is 3.29. The maximum absolute atomic E-state index is 6.21. The van der Waals surface area contributed by atoms with Gasteiger partial charge in [0, 0.05) is 18.5 Å². The Bertz CT molecular complexity index is 695. The third-order valence-electron chi connectivity index (χ3n) is 4.62. The minimum absolute atomic E-state index is 0.482. The highest BCUT2D eigenvalue weighted by Gasteiger charge is 2.18. The van der Waals surface area contributed by atoms with Crippen LogP contribution in [0.25, 0.3) is 10.9 Å². The van der Waals surface area contributed by atoms with Crippen molar-refractivity contribution in [1.82, 2.24) is 9.97 Å².